The van der Waals surface area contributed by atoms with Crippen LogP contribution in [0.4, 0.5) is 11.4 Å². The predicted octanol–water partition coefficient (Wildman–Crippen LogP) is 3.88. The van der Waals surface area contributed by atoms with Crippen molar-refractivity contribution in [2.24, 2.45) is 5.92 Å². The molecule has 2 aromatic rings. The second-order valence-corrected chi connectivity index (χ2v) is 9.36. The van der Waals surface area contributed by atoms with Crippen molar-refractivity contribution in [1.82, 2.24) is 4.72 Å². The van der Waals surface area contributed by atoms with Gasteiger partial charge in [0.05, 0.1) is 4.90 Å². The van der Waals surface area contributed by atoms with E-state index < -0.39 is 10.0 Å². The number of piperidine rings is 1. The molecule has 6 nitrogen and oxygen atoms in total. The van der Waals surface area contributed by atoms with Crippen molar-refractivity contribution in [2.45, 2.75) is 31.1 Å². The quantitative estimate of drug-likeness (QED) is 0.691. The van der Waals surface area contributed by atoms with Gasteiger partial charge >= 0.3 is 0 Å². The van der Waals surface area contributed by atoms with Crippen molar-refractivity contribution >= 4 is 38.9 Å². The molecule has 2 aromatic carbocycles. The van der Waals surface area contributed by atoms with Crippen molar-refractivity contribution in [2.75, 3.05) is 29.9 Å². The highest BCUT2D eigenvalue weighted by Crippen LogP contribution is 2.26. The number of hydrogen-bond donors (Lipinski definition) is 2. The molecular weight excluding hydrogens is 410 g/mol. The third kappa shape index (κ3) is 5.72. The minimum atomic E-state index is -3.50. The molecule has 0 radical (unpaired) electrons. The van der Waals surface area contributed by atoms with Crippen LogP contribution < -0.4 is 14.9 Å². The van der Waals surface area contributed by atoms with Crippen LogP contribution in [0.1, 0.15) is 26.2 Å². The molecule has 156 valence electrons. The molecule has 1 saturated heterocycles. The molecule has 0 aromatic heterocycles. The molecule has 0 spiro atoms. The summed E-state index contributed by atoms with van der Waals surface area (Å²) >= 11 is 6.07. The Morgan fingerprint density at radius 3 is 2.45 bits per heavy atom. The maximum Gasteiger partial charge on any atom is 0.240 e. The highest BCUT2D eigenvalue weighted by atomic mass is 35.5. The number of anilines is 2. The molecule has 0 bridgehead atoms. The zero-order valence-electron chi connectivity index (χ0n) is 16.4. The summed E-state index contributed by atoms with van der Waals surface area (Å²) in [5.41, 5.74) is 1.67. The van der Waals surface area contributed by atoms with E-state index in [9.17, 15) is 13.2 Å². The van der Waals surface area contributed by atoms with E-state index in [-0.39, 0.29) is 16.7 Å². The monoisotopic (exact) mass is 435 g/mol. The number of carbonyl (C=O) groups excluding carboxylic acids is 1. The van der Waals surface area contributed by atoms with Gasteiger partial charge in [0.2, 0.25) is 15.9 Å². The summed E-state index contributed by atoms with van der Waals surface area (Å²) in [5, 5.41) is 3.61. The van der Waals surface area contributed by atoms with Crippen LogP contribution in [0, 0.1) is 5.92 Å². The number of benzene rings is 2. The van der Waals surface area contributed by atoms with Gasteiger partial charge in [0.15, 0.2) is 0 Å². The van der Waals surface area contributed by atoms with Gasteiger partial charge in [-0.2, -0.15) is 0 Å². The highest BCUT2D eigenvalue weighted by molar-refractivity contribution is 7.89. The first-order valence-corrected chi connectivity index (χ1v) is 11.7. The fraction of sp³-hybridized carbons (Fsp3) is 0.381. The van der Waals surface area contributed by atoms with Crippen molar-refractivity contribution in [3.63, 3.8) is 0 Å². The average molecular weight is 436 g/mol. The van der Waals surface area contributed by atoms with Gasteiger partial charge < -0.3 is 10.2 Å². The third-order valence-electron chi connectivity index (χ3n) is 5.01. The molecule has 29 heavy (non-hydrogen) atoms. The molecule has 1 aliphatic rings. The van der Waals surface area contributed by atoms with Crippen LogP contribution in [0.15, 0.2) is 53.4 Å². The van der Waals surface area contributed by atoms with Crippen LogP contribution >= 0.6 is 11.6 Å². The molecule has 1 amide bonds. The van der Waals surface area contributed by atoms with Gasteiger partial charge in [-0.15, -0.1) is 0 Å². The van der Waals surface area contributed by atoms with Crippen molar-refractivity contribution in [3.05, 3.63) is 53.6 Å². The zero-order chi connectivity index (χ0) is 20.9. The summed E-state index contributed by atoms with van der Waals surface area (Å²) in [6.07, 6.45) is 2.24. The van der Waals surface area contributed by atoms with Crippen LogP contribution in [0.25, 0.3) is 0 Å². The normalized spacial score (nSPS) is 15.3. The molecule has 8 heteroatoms. The molecule has 0 unspecified atom stereocenters. The Labute approximate surface area is 177 Å². The maximum atomic E-state index is 12.6. The zero-order valence-corrected chi connectivity index (χ0v) is 18.0. The molecule has 3 rings (SSSR count). The summed E-state index contributed by atoms with van der Waals surface area (Å²) in [7, 11) is -3.50. The van der Waals surface area contributed by atoms with Crippen LogP contribution in [-0.4, -0.2) is 34.0 Å². The summed E-state index contributed by atoms with van der Waals surface area (Å²) < 4.78 is 26.8. The first-order valence-electron chi connectivity index (χ1n) is 9.80. The molecule has 0 aliphatic carbocycles. The van der Waals surface area contributed by atoms with Crippen LogP contribution in [0.3, 0.4) is 0 Å². The molecule has 1 aliphatic heterocycles. The lowest BCUT2D eigenvalue weighted by Gasteiger charge is -2.33. The first-order chi connectivity index (χ1) is 13.9. The second-order valence-electron chi connectivity index (χ2n) is 7.15. The largest absolute Gasteiger partial charge is 0.371 e. The summed E-state index contributed by atoms with van der Waals surface area (Å²) in [6.45, 7) is 3.88. The van der Waals surface area contributed by atoms with Gasteiger partial charge in [-0.3, -0.25) is 4.79 Å². The van der Waals surface area contributed by atoms with E-state index in [0.717, 1.165) is 38.0 Å². The minimum absolute atomic E-state index is 0.0320. The van der Waals surface area contributed by atoms with E-state index in [1.807, 2.05) is 31.2 Å². The van der Waals surface area contributed by atoms with E-state index in [2.05, 4.69) is 14.9 Å². The van der Waals surface area contributed by atoms with E-state index in [4.69, 9.17) is 11.6 Å². The Morgan fingerprint density at radius 2 is 1.83 bits per heavy atom. The molecular formula is C21H26ClN3O3S. The Hall–Kier alpha value is -2.09. The molecule has 2 N–H and O–H groups in total. The van der Waals surface area contributed by atoms with Crippen LogP contribution in [-0.2, 0) is 14.8 Å². The fourth-order valence-corrected chi connectivity index (χ4v) is 4.67. The Bertz CT molecular complexity index is 940. The topological polar surface area (TPSA) is 78.5 Å². The number of nitrogens with zero attached hydrogens (tertiary/aromatic N) is 1. The standard InChI is InChI=1S/C21H26ClN3O3S/c1-2-12-23-29(27,28)20-8-6-18(7-9-20)24-21(26)16-10-13-25(14-11-16)19-5-3-4-17(22)15-19/h3-9,15-16,23H,2,10-14H2,1H3,(H,24,26). The van der Waals surface area contributed by atoms with Gasteiger partial charge in [-0.1, -0.05) is 24.6 Å². The lowest BCUT2D eigenvalue weighted by atomic mass is 9.95. The van der Waals surface area contributed by atoms with Gasteiger partial charge in [0, 0.05) is 41.9 Å². The number of carbonyl (C=O) groups is 1. The van der Waals surface area contributed by atoms with Crippen LogP contribution in [0.2, 0.25) is 5.02 Å². The van der Waals surface area contributed by atoms with E-state index >= 15 is 0 Å². The highest BCUT2D eigenvalue weighted by Gasteiger charge is 2.25. The van der Waals surface area contributed by atoms with Crippen molar-refractivity contribution < 1.29 is 13.2 Å². The van der Waals surface area contributed by atoms with Crippen LogP contribution in [0.5, 0.6) is 0 Å². The summed E-state index contributed by atoms with van der Waals surface area (Å²) in [4.78, 5) is 15.0. The average Bonchev–Trinajstić information content (AvgIpc) is 2.73. The number of rotatable bonds is 7. The summed E-state index contributed by atoms with van der Waals surface area (Å²) in [6, 6.07) is 14.0. The molecule has 0 atom stereocenters. The molecule has 0 saturated carbocycles. The first kappa shape index (κ1) is 21.6. The van der Waals surface area contributed by atoms with Gasteiger partial charge in [0.1, 0.15) is 0 Å². The maximum absolute atomic E-state index is 12.6. The number of sulfonamides is 1. The Kier molecular flexibility index (Phi) is 7.16. The Morgan fingerprint density at radius 1 is 1.14 bits per heavy atom. The fourth-order valence-electron chi connectivity index (χ4n) is 3.35. The summed E-state index contributed by atoms with van der Waals surface area (Å²) in [5.74, 6) is -0.101. The second kappa shape index (κ2) is 9.61. The number of nitrogens with one attached hydrogen (secondary N) is 2. The van der Waals surface area contributed by atoms with Gasteiger partial charge in [-0.25, -0.2) is 13.1 Å². The van der Waals surface area contributed by atoms with Crippen molar-refractivity contribution in [3.8, 4) is 0 Å². The van der Waals surface area contributed by atoms with Gasteiger partial charge in [0.25, 0.3) is 0 Å². The van der Waals surface area contributed by atoms with E-state index in [1.54, 1.807) is 12.1 Å². The van der Waals surface area contributed by atoms with Gasteiger partial charge in [-0.05, 0) is 61.7 Å². The molecule has 1 fully saturated rings. The number of amides is 1. The van der Waals surface area contributed by atoms with E-state index in [1.165, 1.54) is 12.1 Å². The van der Waals surface area contributed by atoms with E-state index in [0.29, 0.717) is 17.3 Å². The molecule has 1 heterocycles. The van der Waals surface area contributed by atoms with Crippen molar-refractivity contribution in [1.29, 1.82) is 0 Å². The smallest absolute Gasteiger partial charge is 0.240 e. The number of hydrogen-bond acceptors (Lipinski definition) is 4. The minimum Gasteiger partial charge on any atom is -0.371 e. The SMILES string of the molecule is CCCNS(=O)(=O)c1ccc(NC(=O)C2CCN(c3cccc(Cl)c3)CC2)cc1. The third-order valence-corrected chi connectivity index (χ3v) is 6.73. The Balaban J connectivity index is 1.54. The predicted molar refractivity (Wildman–Crippen MR) is 117 cm³/mol. The lowest BCUT2D eigenvalue weighted by molar-refractivity contribution is -0.120. The number of halogens is 1. The lowest BCUT2D eigenvalue weighted by Crippen LogP contribution is -2.38.